The van der Waals surface area contributed by atoms with E-state index in [1.54, 1.807) is 6.07 Å². The van der Waals surface area contributed by atoms with E-state index in [4.69, 9.17) is 0 Å². The summed E-state index contributed by atoms with van der Waals surface area (Å²) < 4.78 is 2.03. The molecule has 0 aliphatic heterocycles. The van der Waals surface area contributed by atoms with Crippen LogP contribution in [0.1, 0.15) is 42.2 Å². The minimum atomic E-state index is -0.0935. The molecule has 118 valence electrons. The Morgan fingerprint density at radius 1 is 1.22 bits per heavy atom. The van der Waals surface area contributed by atoms with E-state index in [0.29, 0.717) is 11.7 Å². The van der Waals surface area contributed by atoms with Crippen LogP contribution in [-0.4, -0.2) is 31.7 Å². The summed E-state index contributed by atoms with van der Waals surface area (Å²) in [6.07, 6.45) is 9.68. The summed E-state index contributed by atoms with van der Waals surface area (Å²) in [5, 5.41) is 8.44. The Bertz CT molecular complexity index is 799. The van der Waals surface area contributed by atoms with Crippen LogP contribution in [0.15, 0.2) is 42.9 Å². The van der Waals surface area contributed by atoms with E-state index in [1.165, 1.54) is 0 Å². The first kappa shape index (κ1) is 14.0. The van der Waals surface area contributed by atoms with Gasteiger partial charge in [-0.2, -0.15) is 5.10 Å². The second-order valence-electron chi connectivity index (χ2n) is 6.08. The fourth-order valence-corrected chi connectivity index (χ4v) is 3.30. The molecule has 0 atom stereocenters. The topological polar surface area (TPSA) is 75.6 Å². The molecule has 0 radical (unpaired) electrons. The zero-order chi connectivity index (χ0) is 15.6. The van der Waals surface area contributed by atoms with E-state index in [1.807, 2.05) is 41.5 Å². The number of fused-ring (bicyclic) bond motifs is 1. The lowest BCUT2D eigenvalue weighted by atomic mass is 9.91. The Kier molecular flexibility index (Phi) is 3.57. The number of amides is 1. The number of hydrogen-bond acceptors (Lipinski definition) is 3. The van der Waals surface area contributed by atoms with Crippen LogP contribution in [0.25, 0.3) is 11.0 Å². The van der Waals surface area contributed by atoms with Gasteiger partial charge in [0.2, 0.25) is 0 Å². The fraction of sp³-hybridized carbons (Fsp3) is 0.353. The van der Waals surface area contributed by atoms with Crippen LogP contribution in [0.3, 0.4) is 0 Å². The second kappa shape index (κ2) is 5.87. The zero-order valence-corrected chi connectivity index (χ0v) is 12.8. The predicted molar refractivity (Wildman–Crippen MR) is 87.1 cm³/mol. The van der Waals surface area contributed by atoms with Gasteiger partial charge in [0.15, 0.2) is 0 Å². The van der Waals surface area contributed by atoms with Crippen LogP contribution in [0.4, 0.5) is 0 Å². The van der Waals surface area contributed by atoms with E-state index in [9.17, 15) is 4.79 Å². The molecule has 1 saturated carbocycles. The van der Waals surface area contributed by atoms with Gasteiger partial charge in [0.05, 0.1) is 6.04 Å². The molecule has 3 aromatic rings. The number of pyridine rings is 1. The number of carbonyl (C=O) groups is 1. The first-order valence-electron chi connectivity index (χ1n) is 8.04. The number of H-pyrrole nitrogens is 1. The van der Waals surface area contributed by atoms with Crippen molar-refractivity contribution in [1.82, 2.24) is 25.1 Å². The van der Waals surface area contributed by atoms with Crippen LogP contribution < -0.4 is 5.32 Å². The summed E-state index contributed by atoms with van der Waals surface area (Å²) >= 11 is 0. The van der Waals surface area contributed by atoms with Gasteiger partial charge >= 0.3 is 0 Å². The van der Waals surface area contributed by atoms with Crippen LogP contribution in [0.2, 0.25) is 0 Å². The Labute approximate surface area is 133 Å². The molecule has 1 aliphatic rings. The molecular weight excluding hydrogens is 290 g/mol. The number of carbonyl (C=O) groups excluding carboxylic acids is 1. The van der Waals surface area contributed by atoms with Crippen molar-refractivity contribution in [1.29, 1.82) is 0 Å². The number of nitrogens with zero attached hydrogens (tertiary/aromatic N) is 3. The van der Waals surface area contributed by atoms with E-state index in [2.05, 4.69) is 20.4 Å². The Balaban J connectivity index is 1.37. The Morgan fingerprint density at radius 3 is 2.87 bits per heavy atom. The van der Waals surface area contributed by atoms with E-state index >= 15 is 0 Å². The maximum absolute atomic E-state index is 12.4. The van der Waals surface area contributed by atoms with Crippen molar-refractivity contribution in [2.75, 3.05) is 0 Å². The molecule has 6 heteroatoms. The first-order chi connectivity index (χ1) is 11.3. The highest BCUT2D eigenvalue weighted by Crippen LogP contribution is 2.27. The molecule has 1 fully saturated rings. The molecule has 0 spiro atoms. The highest BCUT2D eigenvalue weighted by atomic mass is 16.1. The predicted octanol–water partition coefficient (Wildman–Crippen LogP) is 2.67. The van der Waals surface area contributed by atoms with Crippen LogP contribution in [0, 0.1) is 0 Å². The molecule has 1 aliphatic carbocycles. The fourth-order valence-electron chi connectivity index (χ4n) is 3.30. The molecule has 1 amide bonds. The highest BCUT2D eigenvalue weighted by molar-refractivity contribution is 5.94. The molecule has 0 saturated heterocycles. The van der Waals surface area contributed by atoms with Crippen LogP contribution in [-0.2, 0) is 0 Å². The van der Waals surface area contributed by atoms with Gasteiger partial charge in [-0.15, -0.1) is 0 Å². The Hall–Kier alpha value is -2.63. The average Bonchev–Trinajstić information content (AvgIpc) is 3.26. The van der Waals surface area contributed by atoms with Crippen LogP contribution in [0.5, 0.6) is 0 Å². The van der Waals surface area contributed by atoms with Gasteiger partial charge in [-0.1, -0.05) is 0 Å². The standard InChI is InChI=1S/C17H19N5O/c23-17(15-7-2-12-8-10-18-16(12)21-15)20-13-3-5-14(6-4-13)22-11-1-9-19-22/h1-2,7-11,13-14H,3-6H2,(H,18,21)(H,20,23). The summed E-state index contributed by atoms with van der Waals surface area (Å²) in [6.45, 7) is 0. The Morgan fingerprint density at radius 2 is 2.09 bits per heavy atom. The van der Waals surface area contributed by atoms with Crippen LogP contribution >= 0.6 is 0 Å². The minimum Gasteiger partial charge on any atom is -0.348 e. The van der Waals surface area contributed by atoms with Crippen molar-refractivity contribution >= 4 is 16.9 Å². The van der Waals surface area contributed by atoms with Gasteiger partial charge in [0.25, 0.3) is 5.91 Å². The lowest BCUT2D eigenvalue weighted by molar-refractivity contribution is 0.0917. The average molecular weight is 309 g/mol. The third kappa shape index (κ3) is 2.84. The summed E-state index contributed by atoms with van der Waals surface area (Å²) in [5.41, 5.74) is 1.22. The van der Waals surface area contributed by atoms with Gasteiger partial charge < -0.3 is 10.3 Å². The molecule has 3 aromatic heterocycles. The molecule has 4 rings (SSSR count). The van der Waals surface area contributed by atoms with Gasteiger partial charge in [-0.3, -0.25) is 9.48 Å². The number of nitrogens with one attached hydrogen (secondary N) is 2. The van der Waals surface area contributed by atoms with Crippen molar-refractivity contribution in [3.8, 4) is 0 Å². The summed E-state index contributed by atoms with van der Waals surface area (Å²) in [6, 6.07) is 8.27. The van der Waals surface area contributed by atoms with E-state index in [0.717, 1.165) is 36.7 Å². The molecule has 3 heterocycles. The van der Waals surface area contributed by atoms with Gasteiger partial charge in [-0.25, -0.2) is 4.98 Å². The molecule has 23 heavy (non-hydrogen) atoms. The molecule has 0 aromatic carbocycles. The third-order valence-electron chi connectivity index (χ3n) is 4.57. The minimum absolute atomic E-state index is 0.0935. The maximum atomic E-state index is 12.4. The molecule has 2 N–H and O–H groups in total. The normalized spacial score (nSPS) is 21.4. The number of rotatable bonds is 3. The van der Waals surface area contributed by atoms with Crippen molar-refractivity contribution in [2.45, 2.75) is 37.8 Å². The maximum Gasteiger partial charge on any atom is 0.270 e. The summed E-state index contributed by atoms with van der Waals surface area (Å²) in [7, 11) is 0. The number of aromatic nitrogens is 4. The quantitative estimate of drug-likeness (QED) is 0.781. The van der Waals surface area contributed by atoms with E-state index in [-0.39, 0.29) is 11.9 Å². The molecular formula is C17H19N5O. The second-order valence-corrected chi connectivity index (χ2v) is 6.08. The van der Waals surface area contributed by atoms with Crippen molar-refractivity contribution in [2.24, 2.45) is 0 Å². The monoisotopic (exact) mass is 309 g/mol. The van der Waals surface area contributed by atoms with E-state index < -0.39 is 0 Å². The van der Waals surface area contributed by atoms with Crippen molar-refractivity contribution in [3.05, 3.63) is 48.5 Å². The van der Waals surface area contributed by atoms with Gasteiger partial charge in [0.1, 0.15) is 11.3 Å². The number of aromatic amines is 1. The smallest absolute Gasteiger partial charge is 0.270 e. The lowest BCUT2D eigenvalue weighted by Crippen LogP contribution is -2.38. The first-order valence-corrected chi connectivity index (χ1v) is 8.04. The van der Waals surface area contributed by atoms with Crippen molar-refractivity contribution in [3.63, 3.8) is 0 Å². The number of hydrogen-bond donors (Lipinski definition) is 2. The molecule has 0 bridgehead atoms. The largest absolute Gasteiger partial charge is 0.348 e. The third-order valence-corrected chi connectivity index (χ3v) is 4.57. The summed E-state index contributed by atoms with van der Waals surface area (Å²) in [4.78, 5) is 19.8. The SMILES string of the molecule is O=C(NC1CCC(n2cccn2)CC1)c1ccc2cc[nH]c2n1. The van der Waals surface area contributed by atoms with Crippen molar-refractivity contribution < 1.29 is 4.79 Å². The lowest BCUT2D eigenvalue weighted by Gasteiger charge is -2.29. The van der Waals surface area contributed by atoms with Gasteiger partial charge in [0, 0.05) is 30.0 Å². The highest BCUT2D eigenvalue weighted by Gasteiger charge is 2.24. The molecule has 6 nitrogen and oxygen atoms in total. The summed E-state index contributed by atoms with van der Waals surface area (Å²) in [5.74, 6) is -0.0935. The zero-order valence-electron chi connectivity index (χ0n) is 12.8. The molecule has 0 unspecified atom stereocenters. The van der Waals surface area contributed by atoms with Gasteiger partial charge in [-0.05, 0) is 49.9 Å².